The summed E-state index contributed by atoms with van der Waals surface area (Å²) in [5.41, 5.74) is 0.901. The van der Waals surface area contributed by atoms with E-state index in [2.05, 4.69) is 29.2 Å². The molecule has 0 aromatic carbocycles. The lowest BCUT2D eigenvalue weighted by Crippen LogP contribution is -2.25. The summed E-state index contributed by atoms with van der Waals surface area (Å²) >= 11 is 0. The highest BCUT2D eigenvalue weighted by Crippen LogP contribution is 2.14. The molecule has 0 atom stereocenters. The third kappa shape index (κ3) is 3.79. The molecule has 102 valence electrons. The van der Waals surface area contributed by atoms with Gasteiger partial charge < -0.3 is 10.1 Å². The van der Waals surface area contributed by atoms with Crippen molar-refractivity contribution in [1.29, 1.82) is 0 Å². The van der Waals surface area contributed by atoms with Crippen LogP contribution in [0.5, 0.6) is 0 Å². The van der Waals surface area contributed by atoms with E-state index in [4.69, 9.17) is 4.74 Å². The van der Waals surface area contributed by atoms with Crippen molar-refractivity contribution >= 4 is 5.69 Å². The summed E-state index contributed by atoms with van der Waals surface area (Å²) in [6.07, 6.45) is 6.36. The van der Waals surface area contributed by atoms with Gasteiger partial charge in [-0.15, -0.1) is 0 Å². The average Bonchev–Trinajstić information content (AvgIpc) is 2.93. The lowest BCUT2D eigenvalue weighted by atomic mass is 10.1. The van der Waals surface area contributed by atoms with Crippen LogP contribution < -0.4 is 5.32 Å². The Balaban J connectivity index is 1.89. The molecule has 5 nitrogen and oxygen atoms in total. The molecule has 0 bridgehead atoms. The van der Waals surface area contributed by atoms with Crippen molar-refractivity contribution in [2.75, 3.05) is 19.0 Å². The summed E-state index contributed by atoms with van der Waals surface area (Å²) < 4.78 is 7.11. The Bertz CT molecular complexity index is 491. The minimum Gasteiger partial charge on any atom is -0.384 e. The Labute approximate surface area is 113 Å². The van der Waals surface area contributed by atoms with Gasteiger partial charge in [0.05, 0.1) is 17.5 Å². The second-order valence-electron chi connectivity index (χ2n) is 5.00. The molecule has 0 fully saturated rings. The number of methoxy groups -OCH3 is 1. The standard InChI is InChI=1S/C14H20N4O/c1-14(2,19-3)7-9-15-12-5-6-13(16-11-12)18-10-4-8-17-18/h4-6,8,10-11,15H,7,9H2,1-3H3. The number of aromatic nitrogens is 3. The Hall–Kier alpha value is -1.88. The molecular formula is C14H20N4O. The van der Waals surface area contributed by atoms with Crippen LogP contribution in [0.15, 0.2) is 36.8 Å². The van der Waals surface area contributed by atoms with E-state index < -0.39 is 0 Å². The molecule has 2 aromatic heterocycles. The summed E-state index contributed by atoms with van der Waals surface area (Å²) in [4.78, 5) is 4.36. The van der Waals surface area contributed by atoms with Gasteiger partial charge in [0.15, 0.2) is 5.82 Å². The number of ether oxygens (including phenoxy) is 1. The second kappa shape index (κ2) is 5.84. The molecule has 1 N–H and O–H groups in total. The van der Waals surface area contributed by atoms with Gasteiger partial charge in [0, 0.05) is 26.0 Å². The minimum atomic E-state index is -0.102. The zero-order valence-corrected chi connectivity index (χ0v) is 11.6. The molecule has 2 heterocycles. The maximum absolute atomic E-state index is 5.38. The fraction of sp³-hybridized carbons (Fsp3) is 0.429. The van der Waals surface area contributed by atoms with E-state index in [1.807, 2.05) is 30.6 Å². The molecule has 0 amide bonds. The summed E-state index contributed by atoms with van der Waals surface area (Å²) in [6.45, 7) is 5.01. The molecule has 2 rings (SSSR count). The molecule has 0 spiro atoms. The van der Waals surface area contributed by atoms with Crippen molar-refractivity contribution in [3.05, 3.63) is 36.8 Å². The fourth-order valence-corrected chi connectivity index (χ4v) is 1.64. The first-order valence-electron chi connectivity index (χ1n) is 6.36. The van der Waals surface area contributed by atoms with E-state index in [-0.39, 0.29) is 5.60 Å². The number of nitrogens with one attached hydrogen (secondary N) is 1. The summed E-state index contributed by atoms with van der Waals surface area (Å²) in [6, 6.07) is 5.82. The van der Waals surface area contributed by atoms with Crippen LogP contribution in [0.2, 0.25) is 0 Å². The van der Waals surface area contributed by atoms with Crippen LogP contribution in [0.1, 0.15) is 20.3 Å². The van der Waals surface area contributed by atoms with Crippen molar-refractivity contribution in [3.63, 3.8) is 0 Å². The first-order valence-corrected chi connectivity index (χ1v) is 6.36. The summed E-state index contributed by atoms with van der Waals surface area (Å²) in [5.74, 6) is 0.813. The van der Waals surface area contributed by atoms with E-state index in [1.165, 1.54) is 0 Å². The third-order valence-electron chi connectivity index (χ3n) is 3.10. The molecular weight excluding hydrogens is 240 g/mol. The highest BCUT2D eigenvalue weighted by atomic mass is 16.5. The summed E-state index contributed by atoms with van der Waals surface area (Å²) in [5, 5.41) is 7.47. The van der Waals surface area contributed by atoms with Gasteiger partial charge in [0.1, 0.15) is 0 Å². The van der Waals surface area contributed by atoms with Crippen molar-refractivity contribution in [2.45, 2.75) is 25.9 Å². The molecule has 0 aliphatic rings. The number of nitrogens with zero attached hydrogens (tertiary/aromatic N) is 3. The smallest absolute Gasteiger partial charge is 0.153 e. The van der Waals surface area contributed by atoms with Gasteiger partial charge in [-0.05, 0) is 38.5 Å². The predicted octanol–water partition coefficient (Wildman–Crippen LogP) is 2.49. The molecule has 0 saturated heterocycles. The van der Waals surface area contributed by atoms with Gasteiger partial charge in [0.25, 0.3) is 0 Å². The zero-order valence-electron chi connectivity index (χ0n) is 11.6. The lowest BCUT2D eigenvalue weighted by Gasteiger charge is -2.23. The quantitative estimate of drug-likeness (QED) is 0.867. The average molecular weight is 260 g/mol. The Kier molecular flexibility index (Phi) is 4.16. The predicted molar refractivity (Wildman–Crippen MR) is 75.6 cm³/mol. The van der Waals surface area contributed by atoms with E-state index in [1.54, 1.807) is 18.0 Å². The highest BCUT2D eigenvalue weighted by Gasteiger charge is 2.15. The Morgan fingerprint density at radius 1 is 1.37 bits per heavy atom. The third-order valence-corrected chi connectivity index (χ3v) is 3.10. The van der Waals surface area contributed by atoms with Crippen molar-refractivity contribution < 1.29 is 4.74 Å². The SMILES string of the molecule is COC(C)(C)CCNc1ccc(-n2cccn2)nc1. The Morgan fingerprint density at radius 2 is 2.21 bits per heavy atom. The molecule has 0 aliphatic carbocycles. The van der Waals surface area contributed by atoms with Gasteiger partial charge in [-0.1, -0.05) is 0 Å². The second-order valence-corrected chi connectivity index (χ2v) is 5.00. The normalized spacial score (nSPS) is 11.5. The van der Waals surface area contributed by atoms with Crippen LogP contribution in [0.3, 0.4) is 0 Å². The first kappa shape index (κ1) is 13.5. The Morgan fingerprint density at radius 3 is 2.79 bits per heavy atom. The molecule has 2 aromatic rings. The van der Waals surface area contributed by atoms with Crippen molar-refractivity contribution in [3.8, 4) is 5.82 Å². The molecule has 0 aliphatic heterocycles. The maximum Gasteiger partial charge on any atom is 0.153 e. The van der Waals surface area contributed by atoms with Crippen molar-refractivity contribution in [2.24, 2.45) is 0 Å². The number of pyridine rings is 1. The molecule has 0 radical (unpaired) electrons. The van der Waals surface area contributed by atoms with E-state index in [9.17, 15) is 0 Å². The molecule has 0 unspecified atom stereocenters. The van der Waals surface area contributed by atoms with Crippen LogP contribution in [0.4, 0.5) is 5.69 Å². The van der Waals surface area contributed by atoms with Crippen molar-refractivity contribution in [1.82, 2.24) is 14.8 Å². The van der Waals surface area contributed by atoms with Crippen LogP contribution in [-0.2, 0) is 4.74 Å². The molecule has 19 heavy (non-hydrogen) atoms. The largest absolute Gasteiger partial charge is 0.384 e. The van der Waals surface area contributed by atoms with Gasteiger partial charge in [-0.2, -0.15) is 5.10 Å². The summed E-state index contributed by atoms with van der Waals surface area (Å²) in [7, 11) is 1.74. The van der Waals surface area contributed by atoms with Crippen LogP contribution in [0, 0.1) is 0 Å². The van der Waals surface area contributed by atoms with E-state index in [0.717, 1.165) is 24.5 Å². The maximum atomic E-state index is 5.38. The molecule has 0 saturated carbocycles. The number of hydrogen-bond acceptors (Lipinski definition) is 4. The minimum absolute atomic E-state index is 0.102. The first-order chi connectivity index (χ1) is 9.11. The van der Waals surface area contributed by atoms with Crippen LogP contribution in [0.25, 0.3) is 5.82 Å². The lowest BCUT2D eigenvalue weighted by molar-refractivity contribution is 0.0185. The van der Waals surface area contributed by atoms with Gasteiger partial charge in [-0.25, -0.2) is 9.67 Å². The monoisotopic (exact) mass is 260 g/mol. The van der Waals surface area contributed by atoms with Gasteiger partial charge in [0.2, 0.25) is 0 Å². The van der Waals surface area contributed by atoms with E-state index in [0.29, 0.717) is 0 Å². The molecule has 5 heteroatoms. The van der Waals surface area contributed by atoms with Gasteiger partial charge in [-0.3, -0.25) is 0 Å². The van der Waals surface area contributed by atoms with Gasteiger partial charge >= 0.3 is 0 Å². The van der Waals surface area contributed by atoms with E-state index >= 15 is 0 Å². The topological polar surface area (TPSA) is 52.0 Å². The zero-order chi connectivity index (χ0) is 13.7. The fourth-order valence-electron chi connectivity index (χ4n) is 1.64. The van der Waals surface area contributed by atoms with Crippen LogP contribution in [-0.4, -0.2) is 34.0 Å². The van der Waals surface area contributed by atoms with Crippen LogP contribution >= 0.6 is 0 Å². The number of anilines is 1. The highest BCUT2D eigenvalue weighted by molar-refractivity contribution is 5.43. The number of hydrogen-bond donors (Lipinski definition) is 1. The number of rotatable bonds is 6.